The first-order valence-corrected chi connectivity index (χ1v) is 8.86. The number of halogens is 1. The molecule has 2 aromatic carbocycles. The molecule has 0 saturated heterocycles. The fraction of sp³-hybridized carbons (Fsp3) is 0.0455. The first-order valence-electron chi connectivity index (χ1n) is 8.48. The number of nitrogens with zero attached hydrogens (tertiary/aromatic N) is 1. The molecule has 2 heterocycles. The third kappa shape index (κ3) is 3.39. The number of benzene rings is 2. The summed E-state index contributed by atoms with van der Waals surface area (Å²) in [5.74, 6) is -0.369. The highest BCUT2D eigenvalue weighted by Crippen LogP contribution is 2.31. The summed E-state index contributed by atoms with van der Waals surface area (Å²) in [4.78, 5) is 32.6. The van der Waals surface area contributed by atoms with E-state index in [0.29, 0.717) is 22.5 Å². The maximum Gasteiger partial charge on any atom is 0.260 e. The van der Waals surface area contributed by atoms with Crippen molar-refractivity contribution in [1.82, 2.24) is 4.98 Å². The van der Waals surface area contributed by atoms with Crippen LogP contribution in [0.1, 0.15) is 16.8 Å². The quantitative estimate of drug-likeness (QED) is 0.519. The van der Waals surface area contributed by atoms with Crippen LogP contribution in [0.2, 0.25) is 5.02 Å². The molecule has 3 aromatic rings. The molecule has 0 aliphatic carbocycles. The summed E-state index contributed by atoms with van der Waals surface area (Å²) in [5.41, 5.74) is 2.45. The summed E-state index contributed by atoms with van der Waals surface area (Å²) in [6.07, 6.45) is 7.34. The Bertz CT molecular complexity index is 1190. The van der Waals surface area contributed by atoms with Crippen LogP contribution < -0.4 is 5.56 Å². The molecule has 0 spiro atoms. The SMILES string of the molecule is O=C(/C=C/C1=NC=CC1)c1c(-c2ccccc2)c2cc(Cl)ccc2[nH]c1=O. The average molecular weight is 375 g/mol. The second-order valence-corrected chi connectivity index (χ2v) is 6.60. The van der Waals surface area contributed by atoms with E-state index in [2.05, 4.69) is 9.98 Å². The minimum Gasteiger partial charge on any atom is -0.321 e. The third-order valence-electron chi connectivity index (χ3n) is 4.38. The van der Waals surface area contributed by atoms with Gasteiger partial charge in [-0.25, -0.2) is 0 Å². The second kappa shape index (κ2) is 7.17. The maximum atomic E-state index is 12.9. The highest BCUT2D eigenvalue weighted by atomic mass is 35.5. The summed E-state index contributed by atoms with van der Waals surface area (Å²) in [6, 6.07) is 14.6. The molecule has 0 amide bonds. The van der Waals surface area contributed by atoms with Gasteiger partial charge in [0.05, 0.1) is 5.56 Å². The zero-order valence-corrected chi connectivity index (χ0v) is 15.0. The number of nitrogens with one attached hydrogen (secondary N) is 1. The minimum absolute atomic E-state index is 0.0961. The van der Waals surface area contributed by atoms with Crippen LogP contribution in [0.4, 0.5) is 0 Å². The van der Waals surface area contributed by atoms with E-state index in [0.717, 1.165) is 16.7 Å². The Balaban J connectivity index is 1.95. The first-order chi connectivity index (χ1) is 13.1. The highest BCUT2D eigenvalue weighted by Gasteiger charge is 2.19. The van der Waals surface area contributed by atoms with E-state index >= 15 is 0 Å². The van der Waals surface area contributed by atoms with Crippen molar-refractivity contribution in [3.05, 3.63) is 93.9 Å². The van der Waals surface area contributed by atoms with Gasteiger partial charge < -0.3 is 4.98 Å². The molecule has 1 aromatic heterocycles. The van der Waals surface area contributed by atoms with Gasteiger partial charge in [0.1, 0.15) is 0 Å². The Morgan fingerprint density at radius 1 is 1.15 bits per heavy atom. The maximum absolute atomic E-state index is 12.9. The Hall–Kier alpha value is -3.24. The Morgan fingerprint density at radius 2 is 1.96 bits per heavy atom. The van der Waals surface area contributed by atoms with E-state index in [1.807, 2.05) is 36.4 Å². The predicted molar refractivity (Wildman–Crippen MR) is 110 cm³/mol. The van der Waals surface area contributed by atoms with Crippen molar-refractivity contribution in [2.45, 2.75) is 6.42 Å². The van der Waals surface area contributed by atoms with E-state index in [1.165, 1.54) is 6.08 Å². The fourth-order valence-electron chi connectivity index (χ4n) is 3.15. The average Bonchev–Trinajstić information content (AvgIpc) is 3.20. The summed E-state index contributed by atoms with van der Waals surface area (Å²) >= 11 is 6.18. The van der Waals surface area contributed by atoms with E-state index < -0.39 is 5.56 Å². The smallest absolute Gasteiger partial charge is 0.260 e. The number of hydrogen-bond donors (Lipinski definition) is 1. The van der Waals surface area contributed by atoms with Crippen LogP contribution in [-0.4, -0.2) is 16.5 Å². The molecular weight excluding hydrogens is 360 g/mol. The largest absolute Gasteiger partial charge is 0.321 e. The number of aliphatic imine (C=N–C) groups is 1. The van der Waals surface area contributed by atoms with E-state index in [-0.39, 0.29) is 11.3 Å². The van der Waals surface area contributed by atoms with E-state index in [1.54, 1.807) is 30.5 Å². The molecule has 0 radical (unpaired) electrons. The Morgan fingerprint density at radius 3 is 2.70 bits per heavy atom. The van der Waals surface area contributed by atoms with E-state index in [4.69, 9.17) is 11.6 Å². The number of aromatic nitrogens is 1. The number of hydrogen-bond acceptors (Lipinski definition) is 3. The number of ketones is 1. The van der Waals surface area contributed by atoms with Gasteiger partial charge in [-0.05, 0) is 35.9 Å². The van der Waals surface area contributed by atoms with Gasteiger partial charge >= 0.3 is 0 Å². The predicted octanol–water partition coefficient (Wildman–Crippen LogP) is 4.95. The zero-order chi connectivity index (χ0) is 18.8. The number of allylic oxidation sites excluding steroid dienone is 3. The molecule has 1 N–H and O–H groups in total. The summed E-state index contributed by atoms with van der Waals surface area (Å²) in [7, 11) is 0. The standard InChI is InChI=1S/C22H15ClN2O2/c23-15-8-10-18-17(13-15)20(14-5-2-1-3-6-14)21(22(27)25-18)19(26)11-9-16-7-4-12-24-16/h1-6,8-13H,7H2,(H,25,27)/b11-9+. The van der Waals surface area contributed by atoms with Crippen molar-refractivity contribution in [3.8, 4) is 11.1 Å². The number of aromatic amines is 1. The van der Waals surface area contributed by atoms with Crippen LogP contribution in [0.15, 0.2) is 82.7 Å². The number of rotatable bonds is 4. The third-order valence-corrected chi connectivity index (χ3v) is 4.62. The topological polar surface area (TPSA) is 62.3 Å². The molecule has 27 heavy (non-hydrogen) atoms. The number of fused-ring (bicyclic) bond motifs is 1. The molecular formula is C22H15ClN2O2. The summed E-state index contributed by atoms with van der Waals surface area (Å²) in [6.45, 7) is 0. The summed E-state index contributed by atoms with van der Waals surface area (Å²) in [5, 5.41) is 1.26. The van der Waals surface area contributed by atoms with Gasteiger partial charge in [0, 0.05) is 39.8 Å². The van der Waals surface area contributed by atoms with Gasteiger partial charge in [-0.1, -0.05) is 48.0 Å². The van der Waals surface area contributed by atoms with Crippen LogP contribution in [0.5, 0.6) is 0 Å². The van der Waals surface area contributed by atoms with Crippen molar-refractivity contribution in [3.63, 3.8) is 0 Å². The summed E-state index contributed by atoms with van der Waals surface area (Å²) < 4.78 is 0. The molecule has 0 fully saturated rings. The molecule has 1 aliphatic rings. The van der Waals surface area contributed by atoms with Gasteiger partial charge in [-0.3, -0.25) is 14.6 Å². The second-order valence-electron chi connectivity index (χ2n) is 6.17. The van der Waals surface area contributed by atoms with Crippen molar-refractivity contribution in [2.24, 2.45) is 4.99 Å². The lowest BCUT2D eigenvalue weighted by Gasteiger charge is -2.11. The van der Waals surface area contributed by atoms with Gasteiger partial charge in [-0.2, -0.15) is 0 Å². The first kappa shape index (κ1) is 17.2. The highest BCUT2D eigenvalue weighted by molar-refractivity contribution is 6.31. The molecule has 0 atom stereocenters. The lowest BCUT2D eigenvalue weighted by Crippen LogP contribution is -2.19. The molecule has 0 bridgehead atoms. The van der Waals surface area contributed by atoms with Crippen molar-refractivity contribution in [2.75, 3.05) is 0 Å². The molecule has 0 unspecified atom stereocenters. The zero-order valence-electron chi connectivity index (χ0n) is 14.3. The van der Waals surface area contributed by atoms with Crippen LogP contribution in [0.25, 0.3) is 22.0 Å². The number of carbonyl (C=O) groups excluding carboxylic acids is 1. The number of pyridine rings is 1. The van der Waals surface area contributed by atoms with Gasteiger partial charge in [-0.15, -0.1) is 0 Å². The molecule has 1 aliphatic heterocycles. The lowest BCUT2D eigenvalue weighted by molar-refractivity contribution is 0.104. The van der Waals surface area contributed by atoms with E-state index in [9.17, 15) is 9.59 Å². The fourth-order valence-corrected chi connectivity index (χ4v) is 3.32. The Labute approximate surface area is 160 Å². The molecule has 4 rings (SSSR count). The monoisotopic (exact) mass is 374 g/mol. The van der Waals surface area contributed by atoms with Crippen molar-refractivity contribution in [1.29, 1.82) is 0 Å². The number of carbonyl (C=O) groups is 1. The van der Waals surface area contributed by atoms with Crippen molar-refractivity contribution >= 4 is 34.0 Å². The van der Waals surface area contributed by atoms with Gasteiger partial charge in [0.15, 0.2) is 5.78 Å². The van der Waals surface area contributed by atoms with Crippen LogP contribution in [0, 0.1) is 0 Å². The number of H-pyrrole nitrogens is 1. The van der Waals surface area contributed by atoms with Crippen molar-refractivity contribution < 1.29 is 4.79 Å². The van der Waals surface area contributed by atoms with Crippen LogP contribution in [-0.2, 0) is 0 Å². The minimum atomic E-state index is -0.426. The molecule has 4 nitrogen and oxygen atoms in total. The Kier molecular flexibility index (Phi) is 4.57. The van der Waals surface area contributed by atoms with Crippen LogP contribution in [0.3, 0.4) is 0 Å². The van der Waals surface area contributed by atoms with Crippen LogP contribution >= 0.6 is 11.6 Å². The molecule has 5 heteroatoms. The molecule has 132 valence electrons. The lowest BCUT2D eigenvalue weighted by atomic mass is 9.94. The van der Waals surface area contributed by atoms with Gasteiger partial charge in [0.25, 0.3) is 5.56 Å². The molecule has 0 saturated carbocycles. The van der Waals surface area contributed by atoms with Gasteiger partial charge in [0.2, 0.25) is 0 Å². The normalized spacial score (nSPS) is 13.4.